The lowest BCUT2D eigenvalue weighted by molar-refractivity contribution is -0.113. The number of nitrogens with two attached hydrogens (primary N) is 1. The van der Waals surface area contributed by atoms with Crippen LogP contribution in [0.15, 0.2) is 23.1 Å². The van der Waals surface area contributed by atoms with Gasteiger partial charge in [-0.1, -0.05) is 0 Å². The van der Waals surface area contributed by atoms with Crippen LogP contribution in [0, 0.1) is 11.3 Å². The van der Waals surface area contributed by atoms with Crippen molar-refractivity contribution < 1.29 is 23.9 Å². The summed E-state index contributed by atoms with van der Waals surface area (Å²) in [4.78, 5) is 37.0. The second kappa shape index (κ2) is 8.33. The molecule has 0 atom stereocenters. The molecule has 0 spiro atoms. The minimum atomic E-state index is -0.656. The van der Waals surface area contributed by atoms with Gasteiger partial charge in [-0.3, -0.25) is 4.79 Å². The highest BCUT2D eigenvalue weighted by molar-refractivity contribution is 8.00. The van der Waals surface area contributed by atoms with Crippen molar-refractivity contribution >= 4 is 51.6 Å². The Bertz CT molecular complexity index is 1010. The maximum Gasteiger partial charge on any atom is 0.348 e. The second-order valence-electron chi connectivity index (χ2n) is 5.61. The van der Waals surface area contributed by atoms with E-state index in [2.05, 4.69) is 5.32 Å². The lowest BCUT2D eigenvalue weighted by Gasteiger charge is -2.16. The molecular formula is C18H15N3O5S2. The van der Waals surface area contributed by atoms with Crippen LogP contribution in [0.5, 0.6) is 0 Å². The van der Waals surface area contributed by atoms with Gasteiger partial charge in [0.25, 0.3) is 0 Å². The van der Waals surface area contributed by atoms with E-state index in [9.17, 15) is 19.6 Å². The first-order valence-corrected chi connectivity index (χ1v) is 9.97. The van der Waals surface area contributed by atoms with Crippen molar-refractivity contribution in [2.45, 2.75) is 18.4 Å². The van der Waals surface area contributed by atoms with Crippen molar-refractivity contribution in [1.29, 1.82) is 5.26 Å². The van der Waals surface area contributed by atoms with E-state index in [0.29, 0.717) is 11.4 Å². The Balaban J connectivity index is 1.80. The average Bonchev–Trinajstić information content (AvgIpc) is 3.01. The van der Waals surface area contributed by atoms with E-state index in [1.807, 2.05) is 6.07 Å². The summed E-state index contributed by atoms with van der Waals surface area (Å²) in [7, 11) is 0. The van der Waals surface area contributed by atoms with E-state index in [0.717, 1.165) is 16.2 Å². The normalized spacial score (nSPS) is 12.5. The zero-order valence-corrected chi connectivity index (χ0v) is 16.4. The summed E-state index contributed by atoms with van der Waals surface area (Å²) in [5, 5.41) is 12.2. The molecule has 0 aliphatic carbocycles. The number of anilines is 2. The highest BCUT2D eigenvalue weighted by Crippen LogP contribution is 2.33. The Hall–Kier alpha value is -3.03. The monoisotopic (exact) mass is 417 g/mol. The number of fused-ring (bicyclic) bond motifs is 1. The molecule has 3 N–H and O–H groups in total. The van der Waals surface area contributed by atoms with Crippen LogP contribution in [0.25, 0.3) is 0 Å². The lowest BCUT2D eigenvalue weighted by Crippen LogP contribution is -2.19. The summed E-state index contributed by atoms with van der Waals surface area (Å²) < 4.78 is 10.3. The molecule has 1 amide bonds. The molecule has 3 rings (SSSR count). The van der Waals surface area contributed by atoms with Gasteiger partial charge in [0.05, 0.1) is 29.2 Å². The Morgan fingerprint density at radius 2 is 2.11 bits per heavy atom. The van der Waals surface area contributed by atoms with E-state index < -0.39 is 11.9 Å². The molecular weight excluding hydrogens is 402 g/mol. The molecule has 144 valence electrons. The number of nitrogen functional groups attached to an aromatic ring is 1. The number of amides is 1. The molecule has 8 nitrogen and oxygen atoms in total. The highest BCUT2D eigenvalue weighted by Gasteiger charge is 2.24. The van der Waals surface area contributed by atoms with Crippen LogP contribution in [0.1, 0.15) is 38.1 Å². The molecule has 0 bridgehead atoms. The van der Waals surface area contributed by atoms with Gasteiger partial charge in [-0.05, 0) is 25.1 Å². The Kier molecular flexibility index (Phi) is 5.87. The fourth-order valence-corrected chi connectivity index (χ4v) is 4.24. The number of hydrogen-bond acceptors (Lipinski definition) is 9. The van der Waals surface area contributed by atoms with Gasteiger partial charge < -0.3 is 20.5 Å². The zero-order chi connectivity index (χ0) is 20.3. The van der Waals surface area contributed by atoms with Gasteiger partial charge in [-0.15, -0.1) is 23.1 Å². The van der Waals surface area contributed by atoms with Crippen LogP contribution in [0.3, 0.4) is 0 Å². The summed E-state index contributed by atoms with van der Waals surface area (Å²) in [6.45, 7) is 1.52. The molecule has 10 heteroatoms. The topological polar surface area (TPSA) is 132 Å². The van der Waals surface area contributed by atoms with Crippen molar-refractivity contribution in [3.63, 3.8) is 0 Å². The Morgan fingerprint density at radius 1 is 1.32 bits per heavy atom. The minimum Gasteiger partial charge on any atom is -0.462 e. The van der Waals surface area contributed by atoms with Crippen LogP contribution in [-0.4, -0.2) is 30.2 Å². The van der Waals surface area contributed by atoms with E-state index in [1.54, 1.807) is 19.1 Å². The van der Waals surface area contributed by atoms with E-state index in [-0.39, 0.29) is 45.7 Å². The number of rotatable bonds is 5. The van der Waals surface area contributed by atoms with E-state index >= 15 is 0 Å². The van der Waals surface area contributed by atoms with Crippen LogP contribution in [0.2, 0.25) is 0 Å². The first kappa shape index (κ1) is 19.7. The molecule has 1 aromatic heterocycles. The molecule has 1 aliphatic heterocycles. The third-order valence-corrected chi connectivity index (χ3v) is 5.92. The molecule has 0 saturated heterocycles. The Labute approximate surface area is 168 Å². The van der Waals surface area contributed by atoms with Crippen LogP contribution < -0.4 is 11.1 Å². The fraction of sp³-hybridized carbons (Fsp3) is 0.222. The summed E-state index contributed by atoms with van der Waals surface area (Å²) in [5.41, 5.74) is 6.89. The smallest absolute Gasteiger partial charge is 0.348 e. The van der Waals surface area contributed by atoms with Gasteiger partial charge in [0.1, 0.15) is 22.6 Å². The molecule has 0 saturated carbocycles. The second-order valence-corrected chi connectivity index (χ2v) is 7.67. The maximum atomic E-state index is 12.4. The molecule has 0 unspecified atom stereocenters. The number of hydrogen-bond donors (Lipinski definition) is 2. The Morgan fingerprint density at radius 3 is 2.82 bits per heavy atom. The number of benzene rings is 1. The van der Waals surface area contributed by atoms with Crippen LogP contribution in [0.4, 0.5) is 10.7 Å². The minimum absolute atomic E-state index is 0.0926. The van der Waals surface area contributed by atoms with Crippen molar-refractivity contribution in [2.75, 3.05) is 23.4 Å². The van der Waals surface area contributed by atoms with Crippen LogP contribution in [-0.2, 0) is 20.9 Å². The number of carbonyl (C=O) groups excluding carboxylic acids is 3. The number of nitrogens with one attached hydrogen (secondary N) is 1. The third-order valence-electron chi connectivity index (χ3n) is 3.80. The molecule has 1 aliphatic rings. The quantitative estimate of drug-likeness (QED) is 0.710. The van der Waals surface area contributed by atoms with Gasteiger partial charge >= 0.3 is 11.9 Å². The SMILES string of the molecule is CCOC(=O)c1sc(N)c(C#N)c1COC(=O)c1ccc2c(c1)NC(=O)CS2. The summed E-state index contributed by atoms with van der Waals surface area (Å²) in [6.07, 6.45) is 0. The zero-order valence-electron chi connectivity index (χ0n) is 14.7. The predicted octanol–water partition coefficient (Wildman–Crippen LogP) is 2.78. The van der Waals surface area contributed by atoms with Gasteiger partial charge in [0, 0.05) is 10.5 Å². The van der Waals surface area contributed by atoms with Gasteiger partial charge in [0.15, 0.2) is 0 Å². The van der Waals surface area contributed by atoms with Crippen molar-refractivity contribution in [3.05, 3.63) is 39.8 Å². The number of nitrogens with zero attached hydrogens (tertiary/aromatic N) is 1. The molecule has 2 aromatic rings. The van der Waals surface area contributed by atoms with E-state index in [1.165, 1.54) is 17.8 Å². The number of ether oxygens (including phenoxy) is 2. The molecule has 1 aromatic carbocycles. The first-order chi connectivity index (χ1) is 13.4. The van der Waals surface area contributed by atoms with Gasteiger partial charge in [-0.2, -0.15) is 5.26 Å². The van der Waals surface area contributed by atoms with Gasteiger partial charge in [0.2, 0.25) is 5.91 Å². The maximum absolute atomic E-state index is 12.4. The number of nitriles is 1. The number of thiophene rings is 1. The number of esters is 2. The first-order valence-electron chi connectivity index (χ1n) is 8.16. The summed E-state index contributed by atoms with van der Waals surface area (Å²) in [6, 6.07) is 6.77. The lowest BCUT2D eigenvalue weighted by atomic mass is 10.1. The number of carbonyl (C=O) groups is 3. The predicted molar refractivity (Wildman–Crippen MR) is 104 cm³/mol. The van der Waals surface area contributed by atoms with Crippen molar-refractivity contribution in [3.8, 4) is 6.07 Å². The number of thioether (sulfide) groups is 1. The molecule has 28 heavy (non-hydrogen) atoms. The highest BCUT2D eigenvalue weighted by atomic mass is 32.2. The van der Waals surface area contributed by atoms with E-state index in [4.69, 9.17) is 15.2 Å². The largest absolute Gasteiger partial charge is 0.462 e. The standard InChI is InChI=1S/C18H15N3O5S2/c1-2-25-18(24)15-11(10(6-19)16(20)28-15)7-26-17(23)9-3-4-13-12(5-9)21-14(22)8-27-13/h3-5H,2,7-8,20H2,1H3,(H,21,22). The fourth-order valence-electron chi connectivity index (χ4n) is 2.54. The summed E-state index contributed by atoms with van der Waals surface area (Å²) >= 11 is 2.30. The van der Waals surface area contributed by atoms with Crippen molar-refractivity contribution in [1.82, 2.24) is 0 Å². The van der Waals surface area contributed by atoms with Gasteiger partial charge in [-0.25, -0.2) is 9.59 Å². The third kappa shape index (κ3) is 3.95. The average molecular weight is 417 g/mol. The summed E-state index contributed by atoms with van der Waals surface area (Å²) in [5.74, 6) is -1.10. The molecule has 0 fully saturated rings. The molecule has 0 radical (unpaired) electrons. The van der Waals surface area contributed by atoms with Crippen molar-refractivity contribution in [2.24, 2.45) is 0 Å². The molecule has 2 heterocycles. The van der Waals surface area contributed by atoms with Crippen LogP contribution >= 0.6 is 23.1 Å².